The van der Waals surface area contributed by atoms with Crippen molar-refractivity contribution in [2.24, 2.45) is 5.73 Å². The van der Waals surface area contributed by atoms with Crippen molar-refractivity contribution in [1.29, 1.82) is 0 Å². The number of hydrogen-bond donors (Lipinski definition) is 1. The van der Waals surface area contributed by atoms with Crippen LogP contribution in [0.5, 0.6) is 0 Å². The predicted octanol–water partition coefficient (Wildman–Crippen LogP) is 4.92. The third kappa shape index (κ3) is 5.86. The Morgan fingerprint density at radius 1 is 1.05 bits per heavy atom. The first-order valence-corrected chi connectivity index (χ1v) is 8.15. The monoisotopic (exact) mass is 293 g/mol. The van der Waals surface area contributed by atoms with Gasteiger partial charge in [-0.2, -0.15) is 0 Å². The third-order valence-corrected chi connectivity index (χ3v) is 4.06. The van der Waals surface area contributed by atoms with E-state index in [2.05, 4.69) is 6.92 Å². The summed E-state index contributed by atoms with van der Waals surface area (Å²) in [7, 11) is 0. The highest BCUT2D eigenvalue weighted by Gasteiger charge is 2.13. The largest absolute Gasteiger partial charge is 0.366 e. The molecule has 0 fully saturated rings. The molecule has 118 valence electrons. The van der Waals surface area contributed by atoms with Crippen molar-refractivity contribution >= 4 is 5.91 Å². The van der Waals surface area contributed by atoms with Crippen LogP contribution >= 0.6 is 0 Å². The van der Waals surface area contributed by atoms with Gasteiger partial charge in [0.1, 0.15) is 5.82 Å². The first-order valence-electron chi connectivity index (χ1n) is 8.15. The molecule has 0 aliphatic heterocycles. The van der Waals surface area contributed by atoms with Crippen LogP contribution in [0.2, 0.25) is 0 Å². The maximum absolute atomic E-state index is 14.0. The van der Waals surface area contributed by atoms with E-state index in [1.54, 1.807) is 6.92 Å². The first kappa shape index (κ1) is 17.7. The highest BCUT2D eigenvalue weighted by atomic mass is 19.1. The first-order chi connectivity index (χ1) is 10.1. The molecule has 0 atom stereocenters. The van der Waals surface area contributed by atoms with Crippen LogP contribution in [-0.4, -0.2) is 5.91 Å². The van der Waals surface area contributed by atoms with Gasteiger partial charge in [-0.25, -0.2) is 4.39 Å². The average Bonchev–Trinajstić information content (AvgIpc) is 2.45. The summed E-state index contributed by atoms with van der Waals surface area (Å²) in [5.74, 6) is -1.16. The zero-order valence-corrected chi connectivity index (χ0v) is 13.4. The lowest BCUT2D eigenvalue weighted by molar-refractivity contribution is 0.0996. The second-order valence-corrected chi connectivity index (χ2v) is 5.80. The number of aryl methyl sites for hydroxylation is 1. The van der Waals surface area contributed by atoms with Gasteiger partial charge in [0, 0.05) is 0 Å². The fourth-order valence-corrected chi connectivity index (χ4v) is 2.64. The summed E-state index contributed by atoms with van der Waals surface area (Å²) in [4.78, 5) is 11.1. The van der Waals surface area contributed by atoms with Crippen molar-refractivity contribution in [2.45, 2.75) is 71.6 Å². The van der Waals surface area contributed by atoms with Gasteiger partial charge in [-0.1, -0.05) is 57.9 Å². The number of nitrogens with two attached hydrogens (primary N) is 1. The molecule has 0 radical (unpaired) electrons. The molecule has 1 aromatic rings. The van der Waals surface area contributed by atoms with Crippen LogP contribution in [0.3, 0.4) is 0 Å². The lowest BCUT2D eigenvalue weighted by Crippen LogP contribution is -2.14. The van der Waals surface area contributed by atoms with E-state index in [9.17, 15) is 9.18 Å². The van der Waals surface area contributed by atoms with Crippen molar-refractivity contribution in [2.75, 3.05) is 0 Å². The summed E-state index contributed by atoms with van der Waals surface area (Å²) in [6.07, 6.45) is 11.0. The number of unbranched alkanes of at least 4 members (excludes halogenated alkanes) is 7. The summed E-state index contributed by atoms with van der Waals surface area (Å²) >= 11 is 0. The minimum atomic E-state index is -0.700. The maximum atomic E-state index is 14.0. The number of carbonyl (C=O) groups is 1. The van der Waals surface area contributed by atoms with E-state index < -0.39 is 11.7 Å². The van der Waals surface area contributed by atoms with Gasteiger partial charge in [-0.15, -0.1) is 0 Å². The predicted molar refractivity (Wildman–Crippen MR) is 86.0 cm³/mol. The molecule has 1 rings (SSSR count). The zero-order valence-electron chi connectivity index (χ0n) is 13.4. The van der Waals surface area contributed by atoms with E-state index in [0.717, 1.165) is 18.4 Å². The van der Waals surface area contributed by atoms with E-state index in [1.807, 2.05) is 6.07 Å². The van der Waals surface area contributed by atoms with E-state index >= 15 is 0 Å². The lowest BCUT2D eigenvalue weighted by atomic mass is 9.98. The van der Waals surface area contributed by atoms with Gasteiger partial charge in [0.15, 0.2) is 0 Å². The zero-order chi connectivity index (χ0) is 15.7. The Bertz CT molecular complexity index is 457. The van der Waals surface area contributed by atoms with Crippen molar-refractivity contribution in [3.8, 4) is 0 Å². The van der Waals surface area contributed by atoms with Crippen molar-refractivity contribution in [3.63, 3.8) is 0 Å². The Kier molecular flexibility index (Phi) is 8.03. The van der Waals surface area contributed by atoms with Gasteiger partial charge in [0.05, 0.1) is 5.56 Å². The molecule has 3 heteroatoms. The van der Waals surface area contributed by atoms with E-state index in [0.29, 0.717) is 5.56 Å². The summed E-state index contributed by atoms with van der Waals surface area (Å²) in [6, 6.07) is 3.34. The second-order valence-electron chi connectivity index (χ2n) is 5.80. The lowest BCUT2D eigenvalue weighted by Gasteiger charge is -2.09. The summed E-state index contributed by atoms with van der Waals surface area (Å²) in [5.41, 5.74) is 6.69. The molecule has 2 N–H and O–H groups in total. The molecular weight excluding hydrogens is 265 g/mol. The van der Waals surface area contributed by atoms with Gasteiger partial charge in [-0.05, 0) is 37.0 Å². The third-order valence-electron chi connectivity index (χ3n) is 4.06. The van der Waals surface area contributed by atoms with Crippen LogP contribution in [0.1, 0.15) is 79.8 Å². The van der Waals surface area contributed by atoms with E-state index in [1.165, 1.54) is 51.0 Å². The van der Waals surface area contributed by atoms with Crippen molar-refractivity contribution < 1.29 is 9.18 Å². The fourth-order valence-electron chi connectivity index (χ4n) is 2.64. The number of rotatable bonds is 10. The van der Waals surface area contributed by atoms with Crippen molar-refractivity contribution in [3.05, 3.63) is 34.6 Å². The SMILES string of the molecule is CCCCCCCCCCc1ccc(C(N)=O)c(F)c1C. The van der Waals surface area contributed by atoms with Crippen LogP contribution in [0.4, 0.5) is 4.39 Å². The number of amides is 1. The van der Waals surface area contributed by atoms with Crippen LogP contribution in [0.25, 0.3) is 0 Å². The standard InChI is InChI=1S/C18H28FNO/c1-3-4-5-6-7-8-9-10-11-15-12-13-16(18(20)21)17(19)14(15)2/h12-13H,3-11H2,1-2H3,(H2,20,21). The highest BCUT2D eigenvalue weighted by molar-refractivity contribution is 5.93. The molecule has 0 saturated heterocycles. The fraction of sp³-hybridized carbons (Fsp3) is 0.611. The molecule has 1 aromatic carbocycles. The summed E-state index contributed by atoms with van der Waals surface area (Å²) < 4.78 is 14.0. The molecule has 0 spiro atoms. The molecule has 0 aromatic heterocycles. The van der Waals surface area contributed by atoms with Crippen LogP contribution in [0.15, 0.2) is 12.1 Å². The molecule has 0 saturated carbocycles. The molecule has 21 heavy (non-hydrogen) atoms. The Hall–Kier alpha value is -1.38. The van der Waals surface area contributed by atoms with E-state index in [4.69, 9.17) is 5.73 Å². The molecule has 0 aliphatic carbocycles. The molecule has 0 unspecified atom stereocenters. The average molecular weight is 293 g/mol. The minimum Gasteiger partial charge on any atom is -0.366 e. The Morgan fingerprint density at radius 3 is 2.19 bits per heavy atom. The van der Waals surface area contributed by atoms with Crippen LogP contribution in [0, 0.1) is 12.7 Å². The summed E-state index contributed by atoms with van der Waals surface area (Å²) in [5, 5.41) is 0. The Balaban J connectivity index is 2.33. The van der Waals surface area contributed by atoms with Gasteiger partial charge >= 0.3 is 0 Å². The molecular formula is C18H28FNO. The highest BCUT2D eigenvalue weighted by Crippen LogP contribution is 2.19. The number of carbonyl (C=O) groups excluding carboxylic acids is 1. The van der Waals surface area contributed by atoms with Crippen LogP contribution < -0.4 is 5.73 Å². The molecule has 0 aliphatic rings. The Morgan fingerprint density at radius 2 is 1.62 bits per heavy atom. The smallest absolute Gasteiger partial charge is 0.251 e. The van der Waals surface area contributed by atoms with Crippen molar-refractivity contribution in [1.82, 2.24) is 0 Å². The second kappa shape index (κ2) is 9.54. The van der Waals surface area contributed by atoms with Gasteiger partial charge < -0.3 is 5.73 Å². The molecule has 0 heterocycles. The number of benzene rings is 1. The Labute approximate surface area is 127 Å². The number of primary amides is 1. The molecule has 2 nitrogen and oxygen atoms in total. The van der Waals surface area contributed by atoms with Crippen LogP contribution in [-0.2, 0) is 6.42 Å². The number of hydrogen-bond acceptors (Lipinski definition) is 1. The van der Waals surface area contributed by atoms with Gasteiger partial charge in [0.2, 0.25) is 0 Å². The van der Waals surface area contributed by atoms with Gasteiger partial charge in [-0.3, -0.25) is 4.79 Å². The normalized spacial score (nSPS) is 10.8. The number of halogens is 1. The molecule has 1 amide bonds. The van der Waals surface area contributed by atoms with E-state index in [-0.39, 0.29) is 5.56 Å². The van der Waals surface area contributed by atoms with Gasteiger partial charge in [0.25, 0.3) is 5.91 Å². The molecule has 0 bridgehead atoms. The maximum Gasteiger partial charge on any atom is 0.251 e. The topological polar surface area (TPSA) is 43.1 Å². The summed E-state index contributed by atoms with van der Waals surface area (Å²) in [6.45, 7) is 3.95. The quantitative estimate of drug-likeness (QED) is 0.611. The minimum absolute atomic E-state index is 0.00725.